The Bertz CT molecular complexity index is 538. The van der Waals surface area contributed by atoms with E-state index in [4.69, 9.17) is 0 Å². The zero-order valence-electron chi connectivity index (χ0n) is 10.6. The maximum Gasteiger partial charge on any atom is 0.141 e. The largest absolute Gasteiger partial charge is 0.394 e. The molecule has 0 radical (unpaired) electrons. The van der Waals surface area contributed by atoms with E-state index in [1.165, 1.54) is 10.4 Å². The molecule has 0 saturated carbocycles. The highest BCUT2D eigenvalue weighted by atomic mass is 32.1. The van der Waals surface area contributed by atoms with E-state index in [0.29, 0.717) is 0 Å². The van der Waals surface area contributed by atoms with Crippen molar-refractivity contribution in [1.29, 1.82) is 0 Å². The molecule has 0 bridgehead atoms. The summed E-state index contributed by atoms with van der Waals surface area (Å²) in [5.74, 6) is 0.901. The lowest BCUT2D eigenvalue weighted by molar-refractivity contribution is 0.270. The van der Waals surface area contributed by atoms with E-state index in [2.05, 4.69) is 23.8 Å². The molecule has 0 amide bonds. The van der Waals surface area contributed by atoms with E-state index < -0.39 is 0 Å². The molecule has 1 atom stereocenters. The van der Waals surface area contributed by atoms with Gasteiger partial charge in [-0.2, -0.15) is 0 Å². The van der Waals surface area contributed by atoms with Gasteiger partial charge in [0.05, 0.1) is 18.0 Å². The number of aliphatic hydroxyl groups excluding tert-OH is 1. The fraction of sp³-hybridized carbons (Fsp3) is 0.500. The molecule has 0 aromatic carbocycles. The first kappa shape index (κ1) is 12.3. The lowest BCUT2D eigenvalue weighted by atomic mass is 10.2. The zero-order valence-corrected chi connectivity index (χ0v) is 11.4. The molecular formula is C12H17N3OS. The van der Waals surface area contributed by atoms with Crippen LogP contribution in [-0.4, -0.2) is 34.8 Å². The van der Waals surface area contributed by atoms with E-state index in [0.717, 1.165) is 16.0 Å². The molecular weight excluding hydrogens is 234 g/mol. The summed E-state index contributed by atoms with van der Waals surface area (Å²) in [6.07, 6.45) is 1.59. The predicted molar refractivity (Wildman–Crippen MR) is 71.8 cm³/mol. The Balaban J connectivity index is 2.61. The Labute approximate surface area is 105 Å². The average Bonchev–Trinajstić information content (AvgIpc) is 2.63. The molecule has 2 heterocycles. The lowest BCUT2D eigenvalue weighted by Gasteiger charge is -2.24. The molecule has 0 spiro atoms. The summed E-state index contributed by atoms with van der Waals surface area (Å²) in [7, 11) is 1.95. The number of likely N-dealkylation sites (N-methyl/N-ethyl adjacent to an activating group) is 1. The Hall–Kier alpha value is -1.20. The first-order valence-electron chi connectivity index (χ1n) is 5.60. The van der Waals surface area contributed by atoms with Gasteiger partial charge in [0.2, 0.25) is 0 Å². The third-order valence-corrected chi connectivity index (χ3v) is 4.32. The molecule has 1 N–H and O–H groups in total. The molecule has 17 heavy (non-hydrogen) atoms. The SMILES string of the molecule is Cc1sc2ncnc(N(C)C(C)CO)c2c1C. The van der Waals surface area contributed by atoms with Crippen molar-refractivity contribution in [3.8, 4) is 0 Å². The summed E-state index contributed by atoms with van der Waals surface area (Å²) in [6.45, 7) is 6.28. The number of aromatic nitrogens is 2. The molecule has 92 valence electrons. The van der Waals surface area contributed by atoms with Crippen LogP contribution >= 0.6 is 11.3 Å². The molecule has 4 nitrogen and oxygen atoms in total. The topological polar surface area (TPSA) is 49.2 Å². The van der Waals surface area contributed by atoms with E-state index in [1.54, 1.807) is 17.7 Å². The zero-order chi connectivity index (χ0) is 12.6. The highest BCUT2D eigenvalue weighted by Crippen LogP contribution is 2.34. The van der Waals surface area contributed by atoms with Gasteiger partial charge >= 0.3 is 0 Å². The van der Waals surface area contributed by atoms with E-state index in [-0.39, 0.29) is 12.6 Å². The van der Waals surface area contributed by atoms with Gasteiger partial charge < -0.3 is 10.0 Å². The van der Waals surface area contributed by atoms with Crippen molar-refractivity contribution in [2.24, 2.45) is 0 Å². The van der Waals surface area contributed by atoms with Crippen molar-refractivity contribution in [2.45, 2.75) is 26.8 Å². The van der Waals surface area contributed by atoms with Gasteiger partial charge in [-0.3, -0.25) is 0 Å². The lowest BCUT2D eigenvalue weighted by Crippen LogP contribution is -2.32. The van der Waals surface area contributed by atoms with Crippen molar-refractivity contribution in [1.82, 2.24) is 9.97 Å². The molecule has 2 aromatic heterocycles. The molecule has 0 saturated heterocycles. The second kappa shape index (κ2) is 4.58. The molecule has 0 aliphatic rings. The Morgan fingerprint density at radius 1 is 1.41 bits per heavy atom. The van der Waals surface area contributed by atoms with Crippen LogP contribution in [0.25, 0.3) is 10.2 Å². The van der Waals surface area contributed by atoms with Crippen molar-refractivity contribution in [2.75, 3.05) is 18.6 Å². The van der Waals surface area contributed by atoms with Crippen LogP contribution < -0.4 is 4.90 Å². The minimum absolute atomic E-state index is 0.0488. The number of rotatable bonds is 3. The summed E-state index contributed by atoms with van der Waals surface area (Å²) in [6, 6.07) is 0.0488. The van der Waals surface area contributed by atoms with Crippen molar-refractivity contribution >= 4 is 27.4 Å². The van der Waals surface area contributed by atoms with Gasteiger partial charge in [-0.25, -0.2) is 9.97 Å². The Morgan fingerprint density at radius 3 is 2.76 bits per heavy atom. The highest BCUT2D eigenvalue weighted by molar-refractivity contribution is 7.18. The predicted octanol–water partition coefficient (Wildman–Crippen LogP) is 2.13. The third-order valence-electron chi connectivity index (χ3n) is 3.20. The van der Waals surface area contributed by atoms with Gasteiger partial charge in [0, 0.05) is 11.9 Å². The summed E-state index contributed by atoms with van der Waals surface area (Å²) < 4.78 is 0. The Morgan fingerprint density at radius 2 is 2.12 bits per heavy atom. The number of anilines is 1. The second-order valence-electron chi connectivity index (χ2n) is 4.30. The molecule has 5 heteroatoms. The van der Waals surface area contributed by atoms with E-state index in [9.17, 15) is 5.11 Å². The number of aryl methyl sites for hydroxylation is 2. The quantitative estimate of drug-likeness (QED) is 0.908. The van der Waals surface area contributed by atoms with E-state index in [1.807, 2.05) is 18.9 Å². The van der Waals surface area contributed by atoms with Crippen molar-refractivity contribution in [3.05, 3.63) is 16.8 Å². The number of thiophene rings is 1. The summed E-state index contributed by atoms with van der Waals surface area (Å²) in [5, 5.41) is 10.3. The average molecular weight is 251 g/mol. The number of hydrogen-bond donors (Lipinski definition) is 1. The maximum atomic E-state index is 9.23. The van der Waals surface area contributed by atoms with Crippen LogP contribution in [0.3, 0.4) is 0 Å². The fourth-order valence-corrected chi connectivity index (χ4v) is 2.75. The minimum Gasteiger partial charge on any atom is -0.394 e. The summed E-state index contributed by atoms with van der Waals surface area (Å²) in [4.78, 5) is 13.0. The van der Waals surface area contributed by atoms with Crippen LogP contribution in [-0.2, 0) is 0 Å². The number of aliphatic hydroxyl groups is 1. The number of nitrogens with zero attached hydrogens (tertiary/aromatic N) is 3. The fourth-order valence-electron chi connectivity index (χ4n) is 1.76. The van der Waals surface area contributed by atoms with Crippen molar-refractivity contribution in [3.63, 3.8) is 0 Å². The summed E-state index contributed by atoms with van der Waals surface area (Å²) in [5.41, 5.74) is 1.23. The molecule has 0 aliphatic carbocycles. The highest BCUT2D eigenvalue weighted by Gasteiger charge is 2.17. The maximum absolute atomic E-state index is 9.23. The minimum atomic E-state index is 0.0488. The third kappa shape index (κ3) is 2.00. The number of fused-ring (bicyclic) bond motifs is 1. The smallest absolute Gasteiger partial charge is 0.141 e. The van der Waals surface area contributed by atoms with Gasteiger partial charge in [-0.15, -0.1) is 11.3 Å². The number of hydrogen-bond acceptors (Lipinski definition) is 5. The van der Waals surface area contributed by atoms with Gasteiger partial charge in [0.25, 0.3) is 0 Å². The first-order valence-corrected chi connectivity index (χ1v) is 6.42. The standard InChI is InChI=1S/C12H17N3OS/c1-7(5-16)15(4)11-10-8(2)9(3)17-12(10)14-6-13-11/h6-7,16H,5H2,1-4H3. The molecule has 2 rings (SSSR count). The van der Waals surface area contributed by atoms with Crippen LogP contribution in [0.15, 0.2) is 6.33 Å². The van der Waals surface area contributed by atoms with Gasteiger partial charge in [-0.05, 0) is 26.3 Å². The second-order valence-corrected chi connectivity index (χ2v) is 5.51. The van der Waals surface area contributed by atoms with Crippen LogP contribution in [0.1, 0.15) is 17.4 Å². The summed E-state index contributed by atoms with van der Waals surface area (Å²) >= 11 is 1.69. The van der Waals surface area contributed by atoms with Gasteiger partial charge in [0.1, 0.15) is 17.0 Å². The van der Waals surface area contributed by atoms with Crippen LogP contribution in [0, 0.1) is 13.8 Å². The molecule has 0 aliphatic heterocycles. The Kier molecular flexibility index (Phi) is 3.31. The van der Waals surface area contributed by atoms with Crippen molar-refractivity contribution < 1.29 is 5.11 Å². The van der Waals surface area contributed by atoms with Gasteiger partial charge in [-0.1, -0.05) is 0 Å². The molecule has 0 fully saturated rings. The first-order chi connectivity index (χ1) is 8.06. The van der Waals surface area contributed by atoms with Gasteiger partial charge in [0.15, 0.2) is 0 Å². The van der Waals surface area contributed by atoms with Crippen LogP contribution in [0.4, 0.5) is 5.82 Å². The van der Waals surface area contributed by atoms with Crippen LogP contribution in [0.5, 0.6) is 0 Å². The molecule has 1 unspecified atom stereocenters. The molecule has 2 aromatic rings. The normalized spacial score (nSPS) is 13.0. The van der Waals surface area contributed by atoms with Crippen LogP contribution in [0.2, 0.25) is 0 Å². The monoisotopic (exact) mass is 251 g/mol. The van der Waals surface area contributed by atoms with E-state index >= 15 is 0 Å².